The van der Waals surface area contributed by atoms with Crippen LogP contribution in [0.2, 0.25) is 0 Å². The second-order valence-electron chi connectivity index (χ2n) is 7.93. The number of ether oxygens (including phenoxy) is 2. The van der Waals surface area contributed by atoms with Gasteiger partial charge in [0.15, 0.2) is 6.61 Å². The van der Waals surface area contributed by atoms with Gasteiger partial charge < -0.3 is 20.1 Å². The average Bonchev–Trinajstić information content (AvgIpc) is 2.89. The Hall–Kier alpha value is -4.66. The number of methoxy groups -OCH3 is 1. The third-order valence-electron chi connectivity index (χ3n) is 5.24. The van der Waals surface area contributed by atoms with Gasteiger partial charge in [-0.1, -0.05) is 18.2 Å². The van der Waals surface area contributed by atoms with Crippen molar-refractivity contribution in [2.45, 2.75) is 20.4 Å². The van der Waals surface area contributed by atoms with E-state index in [0.29, 0.717) is 17.1 Å². The van der Waals surface area contributed by atoms with Crippen LogP contribution < -0.4 is 25.5 Å². The molecule has 3 amide bonds. The van der Waals surface area contributed by atoms with Gasteiger partial charge in [-0.15, -0.1) is 0 Å². The first-order chi connectivity index (χ1) is 17.3. The molecule has 0 unspecified atom stereocenters. The van der Waals surface area contributed by atoms with Crippen molar-refractivity contribution < 1.29 is 23.9 Å². The van der Waals surface area contributed by atoms with Crippen molar-refractivity contribution >= 4 is 29.6 Å². The molecule has 0 aliphatic rings. The van der Waals surface area contributed by atoms with Crippen molar-refractivity contribution in [1.82, 2.24) is 10.7 Å². The Morgan fingerprint density at radius 1 is 0.861 bits per heavy atom. The van der Waals surface area contributed by atoms with E-state index in [4.69, 9.17) is 9.47 Å². The molecule has 36 heavy (non-hydrogen) atoms. The van der Waals surface area contributed by atoms with Crippen LogP contribution in [0.25, 0.3) is 0 Å². The minimum atomic E-state index is -0.880. The zero-order valence-corrected chi connectivity index (χ0v) is 20.3. The van der Waals surface area contributed by atoms with E-state index in [-0.39, 0.29) is 19.1 Å². The topological polar surface area (TPSA) is 118 Å². The summed E-state index contributed by atoms with van der Waals surface area (Å²) in [5.41, 5.74) is 6.64. The minimum Gasteiger partial charge on any atom is -0.497 e. The Bertz CT molecular complexity index is 1240. The van der Waals surface area contributed by atoms with Gasteiger partial charge in [0.05, 0.1) is 13.3 Å². The van der Waals surface area contributed by atoms with E-state index in [2.05, 4.69) is 21.2 Å². The van der Waals surface area contributed by atoms with Gasteiger partial charge in [-0.2, -0.15) is 5.10 Å². The molecule has 3 rings (SSSR count). The molecular formula is C27H28N4O5. The average molecular weight is 489 g/mol. The lowest BCUT2D eigenvalue weighted by Crippen LogP contribution is -2.37. The number of rotatable bonds is 9. The van der Waals surface area contributed by atoms with Gasteiger partial charge in [0.1, 0.15) is 11.5 Å². The van der Waals surface area contributed by atoms with Gasteiger partial charge in [0.2, 0.25) is 0 Å². The highest BCUT2D eigenvalue weighted by Gasteiger charge is 2.12. The first-order valence-electron chi connectivity index (χ1n) is 11.2. The second-order valence-corrected chi connectivity index (χ2v) is 7.93. The summed E-state index contributed by atoms with van der Waals surface area (Å²) in [6.07, 6.45) is 1.39. The van der Waals surface area contributed by atoms with Crippen molar-refractivity contribution in [3.05, 3.63) is 89.0 Å². The fourth-order valence-corrected chi connectivity index (χ4v) is 3.04. The van der Waals surface area contributed by atoms with Gasteiger partial charge in [0.25, 0.3) is 5.91 Å². The van der Waals surface area contributed by atoms with E-state index in [0.717, 1.165) is 22.4 Å². The molecule has 0 heterocycles. The highest BCUT2D eigenvalue weighted by Crippen LogP contribution is 2.15. The molecule has 3 aromatic rings. The molecule has 0 fully saturated rings. The third-order valence-corrected chi connectivity index (χ3v) is 5.24. The van der Waals surface area contributed by atoms with E-state index in [1.807, 2.05) is 32.0 Å². The van der Waals surface area contributed by atoms with E-state index < -0.39 is 11.8 Å². The van der Waals surface area contributed by atoms with Crippen LogP contribution in [0, 0.1) is 13.8 Å². The Kier molecular flexibility index (Phi) is 9.16. The monoisotopic (exact) mass is 488 g/mol. The number of carbonyl (C=O) groups is 3. The van der Waals surface area contributed by atoms with E-state index in [1.54, 1.807) is 55.6 Å². The highest BCUT2D eigenvalue weighted by atomic mass is 16.5. The Balaban J connectivity index is 1.39. The number of benzene rings is 3. The summed E-state index contributed by atoms with van der Waals surface area (Å²) in [7, 11) is 1.57. The summed E-state index contributed by atoms with van der Waals surface area (Å²) in [6.45, 7) is 4.05. The summed E-state index contributed by atoms with van der Waals surface area (Å²) < 4.78 is 10.6. The number of hydrogen-bond acceptors (Lipinski definition) is 6. The van der Waals surface area contributed by atoms with E-state index >= 15 is 0 Å². The zero-order chi connectivity index (χ0) is 25.9. The Morgan fingerprint density at radius 3 is 2.22 bits per heavy atom. The first kappa shape index (κ1) is 26.0. The van der Waals surface area contributed by atoms with Crippen LogP contribution in [-0.4, -0.2) is 37.7 Å². The number of hydrogen-bond donors (Lipinski definition) is 3. The van der Waals surface area contributed by atoms with Crippen molar-refractivity contribution in [2.24, 2.45) is 5.10 Å². The molecule has 0 spiro atoms. The number of aryl methyl sites for hydroxylation is 2. The normalized spacial score (nSPS) is 10.5. The number of nitrogens with zero attached hydrogens (tertiary/aromatic N) is 1. The van der Waals surface area contributed by atoms with Crippen LogP contribution >= 0.6 is 0 Å². The van der Waals surface area contributed by atoms with Gasteiger partial charge in [0, 0.05) is 12.2 Å². The molecule has 3 N–H and O–H groups in total. The van der Waals surface area contributed by atoms with Crippen LogP contribution in [0.5, 0.6) is 11.5 Å². The molecule has 9 nitrogen and oxygen atoms in total. The predicted molar refractivity (Wildman–Crippen MR) is 137 cm³/mol. The molecular weight excluding hydrogens is 460 g/mol. The number of anilines is 1. The molecule has 0 bridgehead atoms. The number of carbonyl (C=O) groups excluding carboxylic acids is 3. The maximum absolute atomic E-state index is 12.1. The van der Waals surface area contributed by atoms with Crippen molar-refractivity contribution in [3.63, 3.8) is 0 Å². The molecule has 9 heteroatoms. The molecule has 3 aromatic carbocycles. The maximum atomic E-state index is 12.1. The van der Waals surface area contributed by atoms with Crippen molar-refractivity contribution in [3.8, 4) is 11.5 Å². The number of amides is 3. The smallest absolute Gasteiger partial charge is 0.329 e. The quantitative estimate of drug-likeness (QED) is 0.243. The molecule has 0 aromatic heterocycles. The maximum Gasteiger partial charge on any atom is 0.329 e. The molecule has 0 saturated carbocycles. The van der Waals surface area contributed by atoms with E-state index in [9.17, 15) is 14.4 Å². The SMILES string of the molecule is COc1ccc(CNC(=O)C(=O)N/N=C\c2ccc(OCC(=O)Nc3ccc(C)c(C)c3)cc2)cc1. The Morgan fingerprint density at radius 2 is 1.56 bits per heavy atom. The first-order valence-corrected chi connectivity index (χ1v) is 11.2. The van der Waals surface area contributed by atoms with Crippen LogP contribution in [-0.2, 0) is 20.9 Å². The molecule has 186 valence electrons. The van der Waals surface area contributed by atoms with E-state index in [1.165, 1.54) is 6.21 Å². The fraction of sp³-hybridized carbons (Fsp3) is 0.185. The zero-order valence-electron chi connectivity index (χ0n) is 20.3. The minimum absolute atomic E-state index is 0.137. The molecule has 0 radical (unpaired) electrons. The molecule has 0 aliphatic heterocycles. The standard InChI is InChI=1S/C27H28N4O5/c1-18-4-9-22(14-19(18)2)30-25(32)17-36-24-12-7-21(8-13-24)16-29-31-27(34)26(33)28-15-20-5-10-23(35-3)11-6-20/h4-14,16H,15,17H2,1-3H3,(H,28,33)(H,30,32)(H,31,34)/b29-16-. The van der Waals surface area contributed by atoms with Crippen LogP contribution in [0.3, 0.4) is 0 Å². The van der Waals surface area contributed by atoms with Gasteiger partial charge in [-0.25, -0.2) is 5.43 Å². The summed E-state index contributed by atoms with van der Waals surface area (Å²) >= 11 is 0. The molecule has 0 aliphatic carbocycles. The number of hydrazone groups is 1. The summed E-state index contributed by atoms with van der Waals surface area (Å²) in [4.78, 5) is 36.0. The van der Waals surface area contributed by atoms with Gasteiger partial charge in [-0.05, 0) is 84.6 Å². The second kappa shape index (κ2) is 12.7. The lowest BCUT2D eigenvalue weighted by molar-refractivity contribution is -0.139. The summed E-state index contributed by atoms with van der Waals surface area (Å²) in [6, 6.07) is 19.6. The van der Waals surface area contributed by atoms with Crippen LogP contribution in [0.4, 0.5) is 5.69 Å². The number of nitrogens with one attached hydrogen (secondary N) is 3. The van der Waals surface area contributed by atoms with Crippen LogP contribution in [0.15, 0.2) is 71.8 Å². The third kappa shape index (κ3) is 7.98. The van der Waals surface area contributed by atoms with Crippen LogP contribution in [0.1, 0.15) is 22.3 Å². The lowest BCUT2D eigenvalue weighted by Gasteiger charge is -2.09. The molecule has 0 atom stereocenters. The largest absolute Gasteiger partial charge is 0.497 e. The summed E-state index contributed by atoms with van der Waals surface area (Å²) in [5, 5.41) is 9.12. The summed E-state index contributed by atoms with van der Waals surface area (Å²) in [5.74, 6) is -0.739. The fourth-order valence-electron chi connectivity index (χ4n) is 3.04. The van der Waals surface area contributed by atoms with Gasteiger partial charge >= 0.3 is 11.8 Å². The highest BCUT2D eigenvalue weighted by molar-refractivity contribution is 6.35. The van der Waals surface area contributed by atoms with Crippen molar-refractivity contribution in [1.29, 1.82) is 0 Å². The predicted octanol–water partition coefficient (Wildman–Crippen LogP) is 3.10. The van der Waals surface area contributed by atoms with Crippen molar-refractivity contribution in [2.75, 3.05) is 19.0 Å². The lowest BCUT2D eigenvalue weighted by atomic mass is 10.1. The Labute approximate surface area is 209 Å². The molecule has 0 saturated heterocycles. The van der Waals surface area contributed by atoms with Gasteiger partial charge in [-0.3, -0.25) is 14.4 Å².